The Balaban J connectivity index is -0.0000000535. The molecule has 0 unspecified atom stereocenters. The lowest BCUT2D eigenvalue weighted by atomic mass is 10.5. The maximum Gasteiger partial charge on any atom is 0.523 e. The fourth-order valence-corrected chi connectivity index (χ4v) is 1.57. The first-order valence-electron chi connectivity index (χ1n) is 9.07. The van der Waals surface area contributed by atoms with E-state index in [2.05, 4.69) is 67.9 Å². The molecule has 2 heterocycles. The van der Waals surface area contributed by atoms with Crippen LogP contribution >= 0.6 is 15.9 Å². The topological polar surface area (TPSA) is 108 Å². The molecule has 0 aliphatic rings. The van der Waals surface area contributed by atoms with E-state index in [-0.39, 0.29) is 46.7 Å². The van der Waals surface area contributed by atoms with Crippen LogP contribution in [-0.2, 0) is 37.5 Å². The molecule has 2 rings (SSSR count). The third kappa shape index (κ3) is 29.6. The molecule has 0 N–H and O–H groups in total. The maximum atomic E-state index is 11.1. The normalized spacial score (nSPS) is 9.70. The smallest absolute Gasteiger partial charge is 0.523 e. The van der Waals surface area contributed by atoms with Crippen LogP contribution in [0.3, 0.4) is 0 Å². The van der Waals surface area contributed by atoms with Crippen LogP contribution in [0.4, 0.5) is 26.3 Å². The van der Waals surface area contributed by atoms with Crippen molar-refractivity contribution in [2.75, 3.05) is 12.9 Å². The van der Waals surface area contributed by atoms with Crippen LogP contribution in [0.15, 0.2) is 61.2 Å². The van der Waals surface area contributed by atoms with Gasteiger partial charge in [-0.1, -0.05) is 57.8 Å². The number of aryl methyl sites for hydroxylation is 2. The van der Waals surface area contributed by atoms with Crippen LogP contribution in [0.1, 0.15) is 43.6 Å². The minimum absolute atomic E-state index is 0. The van der Waals surface area contributed by atoms with Gasteiger partial charge in [-0.05, 0) is 19.7 Å². The monoisotopic (exact) mass is 766 g/mol. The quantitative estimate of drug-likeness (QED) is 0.119. The van der Waals surface area contributed by atoms with Crippen molar-refractivity contribution in [3.63, 3.8) is 0 Å². The second kappa shape index (κ2) is 29.2. The third-order valence-electron chi connectivity index (χ3n) is 3.07. The Bertz CT molecular complexity index is 960. The lowest BCUT2D eigenvalue weighted by Crippen LogP contribution is -3.00. The largest absolute Gasteiger partial charge is 1.00 e. The molecular weight excluding hydrogens is 726 g/mol. The number of halogens is 8. The summed E-state index contributed by atoms with van der Waals surface area (Å²) in [6, 6.07) is 12.2. The van der Waals surface area contributed by atoms with Crippen molar-refractivity contribution in [3.8, 4) is 0 Å². The zero-order valence-corrected chi connectivity index (χ0v) is 24.2. The Morgan fingerprint density at radius 1 is 0.675 bits per heavy atom. The zero-order valence-electron chi connectivity index (χ0n) is 19.4. The summed E-state index contributed by atoms with van der Waals surface area (Å²) in [6.07, 6.45) is 8.22. The van der Waals surface area contributed by atoms with Gasteiger partial charge in [0, 0.05) is 24.3 Å². The zero-order chi connectivity index (χ0) is 28.3. The molecule has 0 radical (unpaired) electrons. The van der Waals surface area contributed by atoms with E-state index in [0.717, 1.165) is 13.1 Å². The van der Waals surface area contributed by atoms with Crippen molar-refractivity contribution >= 4 is 36.2 Å². The molecule has 0 amide bonds. The molecule has 40 heavy (non-hydrogen) atoms. The van der Waals surface area contributed by atoms with Crippen molar-refractivity contribution in [2.45, 2.75) is 67.7 Å². The van der Waals surface area contributed by atoms with Crippen LogP contribution in [0.2, 0.25) is 0 Å². The van der Waals surface area contributed by atoms with E-state index in [4.69, 9.17) is 13.0 Å². The number of alkyl halides is 7. The highest BCUT2D eigenvalue weighted by atomic mass is 79.9. The van der Waals surface area contributed by atoms with Crippen molar-refractivity contribution < 1.29 is 78.0 Å². The fraction of sp³-hybridized carbons (Fsp3) is 0.545. The van der Waals surface area contributed by atoms with Gasteiger partial charge in [-0.25, -0.2) is 17.6 Å². The van der Waals surface area contributed by atoms with Crippen LogP contribution in [0.25, 0.3) is 0 Å². The number of hydrogen-bond acceptors (Lipinski definition) is 6. The van der Waals surface area contributed by atoms with Crippen molar-refractivity contribution in [1.82, 2.24) is 0 Å². The lowest BCUT2D eigenvalue weighted by Gasteiger charge is -2.08. The SMILES string of the molecule is C.C.C.C.CBr.CC[n+]1ccccc1.CC[n+]1ccccc1.COS(=O)(=O)C(F)(F)F.O=S(=O)([O-])C(F)(F)F.[Br-]. The number of pyridine rings is 2. The Hall–Kier alpha value is -1.34. The van der Waals surface area contributed by atoms with Gasteiger partial charge in [-0.3, -0.25) is 4.18 Å². The molecule has 0 spiro atoms. The van der Waals surface area contributed by atoms with E-state index in [1.165, 1.54) is 0 Å². The Labute approximate surface area is 255 Å². The summed E-state index contributed by atoms with van der Waals surface area (Å²) in [5.41, 5.74) is -10.9. The molecule has 2 aromatic rings. The average Bonchev–Trinajstić information content (AvgIpc) is 2.80. The van der Waals surface area contributed by atoms with Crippen LogP contribution < -0.4 is 26.1 Å². The first kappa shape index (κ1) is 58.3. The van der Waals surface area contributed by atoms with E-state index in [1.54, 1.807) is 0 Å². The average molecular weight is 769 g/mol. The molecule has 0 saturated heterocycles. The molecule has 2 aromatic heterocycles. The molecular formula is C22H42Br2F6N2O6S2. The van der Waals surface area contributed by atoms with E-state index < -0.39 is 31.3 Å². The molecule has 0 atom stereocenters. The summed E-state index contributed by atoms with van der Waals surface area (Å²) in [7, 11) is -11.0. The summed E-state index contributed by atoms with van der Waals surface area (Å²) in [6.45, 7) is 6.36. The molecule has 244 valence electrons. The van der Waals surface area contributed by atoms with Gasteiger partial charge in [0.15, 0.2) is 34.9 Å². The first-order valence-corrected chi connectivity index (χ1v) is 13.5. The van der Waals surface area contributed by atoms with Gasteiger partial charge in [0.05, 0.1) is 7.11 Å². The number of rotatable bonds is 3. The van der Waals surface area contributed by atoms with Crippen LogP contribution in [0.5, 0.6) is 0 Å². The fourth-order valence-electron chi connectivity index (χ4n) is 1.38. The summed E-state index contributed by atoms with van der Waals surface area (Å²) < 4.78 is 119. The number of hydrogen-bond donors (Lipinski definition) is 0. The predicted molar refractivity (Wildman–Crippen MR) is 144 cm³/mol. The molecule has 0 fully saturated rings. The molecule has 0 bridgehead atoms. The molecule has 18 heteroatoms. The first-order chi connectivity index (χ1) is 15.9. The van der Waals surface area contributed by atoms with E-state index in [1.807, 2.05) is 42.2 Å². The van der Waals surface area contributed by atoms with Crippen molar-refractivity contribution in [2.24, 2.45) is 0 Å². The molecule has 8 nitrogen and oxygen atoms in total. The molecule has 0 aliphatic carbocycles. The van der Waals surface area contributed by atoms with Gasteiger partial charge < -0.3 is 21.5 Å². The Morgan fingerprint density at radius 2 is 0.900 bits per heavy atom. The second-order valence-electron chi connectivity index (χ2n) is 5.38. The Morgan fingerprint density at radius 3 is 0.975 bits per heavy atom. The van der Waals surface area contributed by atoms with Gasteiger partial charge in [-0.2, -0.15) is 34.8 Å². The van der Waals surface area contributed by atoms with Gasteiger partial charge in [0.1, 0.15) is 13.1 Å². The minimum atomic E-state index is -6.09. The number of aromatic nitrogens is 2. The van der Waals surface area contributed by atoms with Crippen molar-refractivity contribution in [1.29, 1.82) is 0 Å². The summed E-state index contributed by atoms with van der Waals surface area (Å²) >= 11 is 2.94. The van der Waals surface area contributed by atoms with Gasteiger partial charge in [-0.15, -0.1) is 0 Å². The highest BCUT2D eigenvalue weighted by Gasteiger charge is 2.46. The molecule has 0 saturated carbocycles. The lowest BCUT2D eigenvalue weighted by molar-refractivity contribution is -0.693. The predicted octanol–water partition coefficient (Wildman–Crippen LogP) is 3.08. The Kier molecular flexibility index (Phi) is 42.5. The molecule has 0 aliphatic heterocycles. The van der Waals surface area contributed by atoms with Crippen LogP contribution in [0, 0.1) is 0 Å². The summed E-state index contributed by atoms with van der Waals surface area (Å²) in [4.78, 5) is 0. The van der Waals surface area contributed by atoms with E-state index in [9.17, 15) is 34.8 Å². The third-order valence-corrected chi connectivity index (χ3v) is 4.64. The standard InChI is InChI=1S/2C7H10N.C2H3F3O3S.CH3Br.CHF3O3S.4CH4.BrH/c2*1-2-8-6-4-3-5-7-8;1-8-9(6,7)2(3,4)5;1-2;2-1(3,4)8(5,6)7;;;;;/h2*3-7H,2H2,1H3;1H3;1H3;(H,5,6,7);4*1H4;1H/q2*+1;;;;;;;;/p-2. The maximum absolute atomic E-state index is 11.1. The summed E-state index contributed by atoms with van der Waals surface area (Å²) in [5.74, 6) is 1.81. The highest BCUT2D eigenvalue weighted by Crippen LogP contribution is 2.23. The number of nitrogens with zero attached hydrogens (tertiary/aromatic N) is 2. The second-order valence-corrected chi connectivity index (χ2v) is 8.45. The van der Waals surface area contributed by atoms with Gasteiger partial charge in [0.25, 0.3) is 0 Å². The van der Waals surface area contributed by atoms with E-state index in [0.29, 0.717) is 7.11 Å². The summed E-state index contributed by atoms with van der Waals surface area (Å²) in [5, 5.41) is 0. The minimum Gasteiger partial charge on any atom is -1.00 e. The van der Waals surface area contributed by atoms with Gasteiger partial charge in [0.2, 0.25) is 0 Å². The van der Waals surface area contributed by atoms with E-state index >= 15 is 0 Å². The van der Waals surface area contributed by atoms with Gasteiger partial charge >= 0.3 is 21.1 Å². The molecule has 0 aromatic carbocycles. The van der Waals surface area contributed by atoms with Crippen LogP contribution in [-0.4, -0.2) is 45.3 Å². The van der Waals surface area contributed by atoms with Crippen molar-refractivity contribution in [3.05, 3.63) is 61.2 Å². The highest BCUT2D eigenvalue weighted by molar-refractivity contribution is 9.08.